The largest absolute Gasteiger partial charge is 0.489 e. The lowest BCUT2D eigenvalue weighted by atomic mass is 10.1. The molecule has 2 unspecified atom stereocenters. The van der Waals surface area contributed by atoms with Crippen LogP contribution in [0, 0.1) is 12.8 Å². The Balaban J connectivity index is 0.00000261. The highest BCUT2D eigenvalue weighted by Crippen LogP contribution is 2.20. The van der Waals surface area contributed by atoms with E-state index in [1.807, 2.05) is 19.2 Å². The van der Waals surface area contributed by atoms with Gasteiger partial charge in [0.15, 0.2) is 5.96 Å². The summed E-state index contributed by atoms with van der Waals surface area (Å²) in [5, 5.41) is 3.49. The van der Waals surface area contributed by atoms with Crippen molar-refractivity contribution in [2.24, 2.45) is 10.9 Å². The smallest absolute Gasteiger partial charge is 0.193 e. The number of guanidine groups is 1. The Kier molecular flexibility index (Phi) is 9.15. The van der Waals surface area contributed by atoms with Gasteiger partial charge in [-0.05, 0) is 64.3 Å². The van der Waals surface area contributed by atoms with E-state index in [-0.39, 0.29) is 30.1 Å². The summed E-state index contributed by atoms with van der Waals surface area (Å²) in [4.78, 5) is 9.52. The molecule has 2 aliphatic heterocycles. The average molecular weight is 486 g/mol. The van der Waals surface area contributed by atoms with Gasteiger partial charge in [0, 0.05) is 26.7 Å². The Morgan fingerprint density at radius 2 is 1.93 bits per heavy atom. The summed E-state index contributed by atoms with van der Waals surface area (Å²) in [5.41, 5.74) is 1.25. The highest BCUT2D eigenvalue weighted by molar-refractivity contribution is 14.0. The van der Waals surface area contributed by atoms with Crippen LogP contribution < -0.4 is 10.1 Å². The van der Waals surface area contributed by atoms with E-state index < -0.39 is 0 Å². The minimum absolute atomic E-state index is 0. The van der Waals surface area contributed by atoms with Gasteiger partial charge in [-0.3, -0.25) is 4.99 Å². The molecule has 6 heteroatoms. The van der Waals surface area contributed by atoms with Gasteiger partial charge in [0.05, 0.1) is 6.54 Å². The summed E-state index contributed by atoms with van der Waals surface area (Å²) in [5.74, 6) is 2.70. The lowest BCUT2D eigenvalue weighted by Crippen LogP contribution is -2.44. The summed E-state index contributed by atoms with van der Waals surface area (Å²) in [6.07, 6.45) is 4.11. The second-order valence-corrected chi connectivity index (χ2v) is 7.78. The number of nitrogens with one attached hydrogen (secondary N) is 1. The molecule has 2 aliphatic rings. The zero-order valence-corrected chi connectivity index (χ0v) is 19.3. The van der Waals surface area contributed by atoms with Gasteiger partial charge in [0.2, 0.25) is 0 Å². The molecular formula is C21H35IN4O. The minimum atomic E-state index is 0. The van der Waals surface area contributed by atoms with Crippen LogP contribution in [0.2, 0.25) is 0 Å². The lowest BCUT2D eigenvalue weighted by Gasteiger charge is -2.24. The molecule has 0 saturated carbocycles. The van der Waals surface area contributed by atoms with E-state index in [9.17, 15) is 0 Å². The Bertz CT molecular complexity index is 586. The molecule has 2 atom stereocenters. The first kappa shape index (κ1) is 22.3. The van der Waals surface area contributed by atoms with E-state index in [4.69, 9.17) is 4.74 Å². The van der Waals surface area contributed by atoms with E-state index in [0.29, 0.717) is 0 Å². The second kappa shape index (κ2) is 11.1. The first-order chi connectivity index (χ1) is 12.6. The van der Waals surface area contributed by atoms with Crippen LogP contribution in [0.3, 0.4) is 0 Å². The zero-order chi connectivity index (χ0) is 18.4. The highest BCUT2D eigenvalue weighted by atomic mass is 127. The second-order valence-electron chi connectivity index (χ2n) is 7.78. The molecule has 27 heavy (non-hydrogen) atoms. The third-order valence-corrected chi connectivity index (χ3v) is 5.42. The quantitative estimate of drug-likeness (QED) is 0.381. The SMILES string of the molecule is CN=C(NCC(C)Oc1ccc(C)cc1)N1CCC(CN2CCCC2)C1.I. The molecule has 0 amide bonds. The van der Waals surface area contributed by atoms with Crippen molar-refractivity contribution in [3.8, 4) is 5.75 Å². The molecule has 2 heterocycles. The molecule has 5 nitrogen and oxygen atoms in total. The van der Waals surface area contributed by atoms with Crippen LogP contribution in [-0.4, -0.2) is 68.2 Å². The Hall–Kier alpha value is -1.02. The normalized spacial score (nSPS) is 21.8. The molecule has 0 aliphatic carbocycles. The standard InChI is InChI=1S/C21H34N4O.HI/c1-17-6-8-20(9-7-17)26-18(2)14-23-21(22-3)25-13-10-19(16-25)15-24-11-4-5-12-24;/h6-9,18-19H,4-5,10-16H2,1-3H3,(H,22,23);1H. The summed E-state index contributed by atoms with van der Waals surface area (Å²) < 4.78 is 5.99. The predicted molar refractivity (Wildman–Crippen MR) is 123 cm³/mol. The Labute approximate surface area is 181 Å². The van der Waals surface area contributed by atoms with E-state index >= 15 is 0 Å². The van der Waals surface area contributed by atoms with Crippen molar-refractivity contribution < 1.29 is 4.74 Å². The number of benzene rings is 1. The van der Waals surface area contributed by atoms with Gasteiger partial charge in [-0.15, -0.1) is 24.0 Å². The van der Waals surface area contributed by atoms with E-state index in [0.717, 1.165) is 37.3 Å². The molecule has 0 spiro atoms. The molecule has 0 bridgehead atoms. The molecule has 2 saturated heterocycles. The highest BCUT2D eigenvalue weighted by Gasteiger charge is 2.27. The van der Waals surface area contributed by atoms with E-state index in [1.165, 1.54) is 44.5 Å². The van der Waals surface area contributed by atoms with Crippen molar-refractivity contribution in [3.63, 3.8) is 0 Å². The number of rotatable bonds is 6. The maximum atomic E-state index is 5.99. The number of nitrogens with zero attached hydrogens (tertiary/aromatic N) is 3. The van der Waals surface area contributed by atoms with Gasteiger partial charge in [-0.1, -0.05) is 17.7 Å². The molecule has 3 rings (SSSR count). The monoisotopic (exact) mass is 486 g/mol. The molecule has 0 aromatic heterocycles. The summed E-state index contributed by atoms with van der Waals surface area (Å²) in [6, 6.07) is 8.23. The molecule has 1 aromatic carbocycles. The fourth-order valence-corrected chi connectivity index (χ4v) is 3.96. The van der Waals surface area contributed by atoms with Crippen molar-refractivity contribution >= 4 is 29.9 Å². The maximum absolute atomic E-state index is 5.99. The molecule has 1 N–H and O–H groups in total. The molecule has 1 aromatic rings. The number of halogens is 1. The van der Waals surface area contributed by atoms with E-state index in [2.05, 4.69) is 46.1 Å². The third-order valence-electron chi connectivity index (χ3n) is 5.42. The zero-order valence-electron chi connectivity index (χ0n) is 17.0. The number of hydrogen-bond donors (Lipinski definition) is 1. The number of hydrogen-bond acceptors (Lipinski definition) is 3. The van der Waals surface area contributed by atoms with Crippen LogP contribution in [0.15, 0.2) is 29.3 Å². The van der Waals surface area contributed by atoms with Crippen molar-refractivity contribution in [1.82, 2.24) is 15.1 Å². The number of likely N-dealkylation sites (tertiary alicyclic amines) is 2. The number of aryl methyl sites for hydroxylation is 1. The van der Waals surface area contributed by atoms with Crippen LogP contribution in [0.1, 0.15) is 31.7 Å². The van der Waals surface area contributed by atoms with Crippen molar-refractivity contribution in [1.29, 1.82) is 0 Å². The van der Waals surface area contributed by atoms with E-state index in [1.54, 1.807) is 0 Å². The van der Waals surface area contributed by atoms with Crippen molar-refractivity contribution in [3.05, 3.63) is 29.8 Å². The van der Waals surface area contributed by atoms with Gasteiger partial charge in [-0.25, -0.2) is 0 Å². The van der Waals surface area contributed by atoms with Crippen molar-refractivity contribution in [2.75, 3.05) is 46.3 Å². The molecule has 152 valence electrons. The average Bonchev–Trinajstić information content (AvgIpc) is 3.30. The third kappa shape index (κ3) is 6.82. The Morgan fingerprint density at radius 1 is 1.22 bits per heavy atom. The fourth-order valence-electron chi connectivity index (χ4n) is 3.96. The van der Waals surface area contributed by atoms with Gasteiger partial charge in [0.1, 0.15) is 11.9 Å². The summed E-state index contributed by atoms with van der Waals surface area (Å²) in [7, 11) is 1.88. The lowest BCUT2D eigenvalue weighted by molar-refractivity contribution is 0.222. The minimum Gasteiger partial charge on any atom is -0.489 e. The molecule has 2 fully saturated rings. The number of ether oxygens (including phenoxy) is 1. The van der Waals surface area contributed by atoms with Gasteiger partial charge in [0.25, 0.3) is 0 Å². The predicted octanol–water partition coefficient (Wildman–Crippen LogP) is 3.37. The van der Waals surface area contributed by atoms with Crippen LogP contribution in [-0.2, 0) is 0 Å². The molecular weight excluding hydrogens is 451 g/mol. The summed E-state index contributed by atoms with van der Waals surface area (Å²) >= 11 is 0. The van der Waals surface area contributed by atoms with Crippen LogP contribution in [0.4, 0.5) is 0 Å². The van der Waals surface area contributed by atoms with Gasteiger partial charge in [-0.2, -0.15) is 0 Å². The Morgan fingerprint density at radius 3 is 2.59 bits per heavy atom. The molecule has 0 radical (unpaired) electrons. The number of aliphatic imine (C=N–C) groups is 1. The maximum Gasteiger partial charge on any atom is 0.193 e. The van der Waals surface area contributed by atoms with Crippen LogP contribution in [0.5, 0.6) is 5.75 Å². The first-order valence-corrected chi connectivity index (χ1v) is 10.1. The van der Waals surface area contributed by atoms with Crippen molar-refractivity contribution in [2.45, 2.75) is 39.2 Å². The fraction of sp³-hybridized carbons (Fsp3) is 0.667. The topological polar surface area (TPSA) is 40.1 Å². The van der Waals surface area contributed by atoms with Gasteiger partial charge < -0.3 is 19.9 Å². The van der Waals surface area contributed by atoms with Crippen LogP contribution >= 0.6 is 24.0 Å². The summed E-state index contributed by atoms with van der Waals surface area (Å²) in [6.45, 7) is 11.0. The first-order valence-electron chi connectivity index (χ1n) is 10.1. The van der Waals surface area contributed by atoms with Gasteiger partial charge >= 0.3 is 0 Å². The van der Waals surface area contributed by atoms with Crippen LogP contribution in [0.25, 0.3) is 0 Å².